The summed E-state index contributed by atoms with van der Waals surface area (Å²) >= 11 is 0. The third-order valence-electron chi connectivity index (χ3n) is 3.80. The minimum atomic E-state index is 0.595. The first kappa shape index (κ1) is 16.7. The van der Waals surface area contributed by atoms with E-state index in [-0.39, 0.29) is 0 Å². The van der Waals surface area contributed by atoms with Crippen LogP contribution in [0.5, 0.6) is 0 Å². The number of hydrogen-bond donors (Lipinski definition) is 1. The summed E-state index contributed by atoms with van der Waals surface area (Å²) in [6, 6.07) is 17.5. The molecule has 0 atom stereocenters. The van der Waals surface area contributed by atoms with Crippen molar-refractivity contribution in [3.05, 3.63) is 70.8 Å². The average Bonchev–Trinajstić information content (AvgIpc) is 2.54. The van der Waals surface area contributed by atoms with E-state index in [0.29, 0.717) is 12.5 Å². The zero-order valence-electron chi connectivity index (χ0n) is 13.9. The highest BCUT2D eigenvalue weighted by Crippen LogP contribution is 2.14. The Kier molecular flexibility index (Phi) is 6.63. The van der Waals surface area contributed by atoms with E-state index in [1.165, 1.54) is 22.3 Å². The Balaban J connectivity index is 1.78. The van der Waals surface area contributed by atoms with Crippen molar-refractivity contribution in [3.8, 4) is 0 Å². The maximum Gasteiger partial charge on any atom is 0.0716 e. The lowest BCUT2D eigenvalue weighted by atomic mass is 10.0. The molecule has 0 aromatic heterocycles. The summed E-state index contributed by atoms with van der Waals surface area (Å²) in [6.45, 7) is 9.72. The standard InChI is InChI=1S/C20H27NO/c1-4-22-15-19-7-5-17(6-8-19)13-21-14-18-9-11-20(12-10-18)16(2)3/h5-12,16,21H,4,13-15H2,1-3H3. The van der Waals surface area contributed by atoms with Crippen molar-refractivity contribution in [1.82, 2.24) is 5.32 Å². The van der Waals surface area contributed by atoms with E-state index in [9.17, 15) is 0 Å². The Morgan fingerprint density at radius 1 is 0.818 bits per heavy atom. The Labute approximate surface area is 134 Å². The molecule has 0 unspecified atom stereocenters. The predicted octanol–water partition coefficient (Wildman–Crippen LogP) is 4.64. The van der Waals surface area contributed by atoms with Gasteiger partial charge in [0.25, 0.3) is 0 Å². The van der Waals surface area contributed by atoms with Crippen LogP contribution in [0.15, 0.2) is 48.5 Å². The minimum Gasteiger partial charge on any atom is -0.377 e. The number of rotatable bonds is 8. The zero-order chi connectivity index (χ0) is 15.8. The fourth-order valence-corrected chi connectivity index (χ4v) is 2.34. The van der Waals surface area contributed by atoms with Gasteiger partial charge in [0.15, 0.2) is 0 Å². The molecular weight excluding hydrogens is 270 g/mol. The molecule has 0 bridgehead atoms. The fourth-order valence-electron chi connectivity index (χ4n) is 2.34. The molecule has 0 amide bonds. The summed E-state index contributed by atoms with van der Waals surface area (Å²) in [5.74, 6) is 0.595. The van der Waals surface area contributed by atoms with E-state index in [1.54, 1.807) is 0 Å². The zero-order valence-corrected chi connectivity index (χ0v) is 13.9. The molecule has 0 radical (unpaired) electrons. The third kappa shape index (κ3) is 5.28. The molecule has 2 aromatic carbocycles. The first-order chi connectivity index (χ1) is 10.7. The smallest absolute Gasteiger partial charge is 0.0716 e. The van der Waals surface area contributed by atoms with E-state index in [2.05, 4.69) is 67.7 Å². The number of hydrogen-bond acceptors (Lipinski definition) is 2. The van der Waals surface area contributed by atoms with Crippen LogP contribution in [0.3, 0.4) is 0 Å². The van der Waals surface area contributed by atoms with Crippen molar-refractivity contribution in [3.63, 3.8) is 0 Å². The molecule has 1 N–H and O–H groups in total. The second-order valence-electron chi connectivity index (χ2n) is 5.95. The molecular formula is C20H27NO. The summed E-state index contributed by atoms with van der Waals surface area (Å²) in [5, 5.41) is 3.50. The first-order valence-corrected chi connectivity index (χ1v) is 8.14. The first-order valence-electron chi connectivity index (χ1n) is 8.14. The summed E-state index contributed by atoms with van der Waals surface area (Å²) in [7, 11) is 0. The van der Waals surface area contributed by atoms with Crippen LogP contribution in [-0.4, -0.2) is 6.61 Å². The summed E-state index contributed by atoms with van der Waals surface area (Å²) < 4.78 is 5.41. The molecule has 2 nitrogen and oxygen atoms in total. The van der Waals surface area contributed by atoms with Crippen LogP contribution in [0.4, 0.5) is 0 Å². The van der Waals surface area contributed by atoms with Crippen LogP contribution in [0.1, 0.15) is 48.9 Å². The lowest BCUT2D eigenvalue weighted by Crippen LogP contribution is -2.12. The van der Waals surface area contributed by atoms with Crippen LogP contribution < -0.4 is 5.32 Å². The van der Waals surface area contributed by atoms with Gasteiger partial charge in [-0.1, -0.05) is 62.4 Å². The Morgan fingerprint density at radius 2 is 1.32 bits per heavy atom. The van der Waals surface area contributed by atoms with Gasteiger partial charge in [0.1, 0.15) is 0 Å². The van der Waals surface area contributed by atoms with Crippen molar-refractivity contribution in [1.29, 1.82) is 0 Å². The Hall–Kier alpha value is -1.64. The molecule has 0 heterocycles. The van der Waals surface area contributed by atoms with Gasteiger partial charge < -0.3 is 10.1 Å². The number of ether oxygens (including phenoxy) is 1. The number of benzene rings is 2. The largest absolute Gasteiger partial charge is 0.377 e. The summed E-state index contributed by atoms with van der Waals surface area (Å²) in [5.41, 5.74) is 5.26. The van der Waals surface area contributed by atoms with Gasteiger partial charge in [0.05, 0.1) is 6.61 Å². The molecule has 0 fully saturated rings. The van der Waals surface area contributed by atoms with E-state index in [4.69, 9.17) is 4.74 Å². The maximum absolute atomic E-state index is 5.41. The van der Waals surface area contributed by atoms with Gasteiger partial charge in [-0.25, -0.2) is 0 Å². The molecule has 0 aliphatic carbocycles. The van der Waals surface area contributed by atoms with Crippen LogP contribution in [-0.2, 0) is 24.4 Å². The highest BCUT2D eigenvalue weighted by molar-refractivity contribution is 5.25. The molecule has 0 saturated carbocycles. The topological polar surface area (TPSA) is 21.3 Å². The van der Waals surface area contributed by atoms with Gasteiger partial charge in [0, 0.05) is 19.7 Å². The second-order valence-corrected chi connectivity index (χ2v) is 5.95. The fraction of sp³-hybridized carbons (Fsp3) is 0.400. The SMILES string of the molecule is CCOCc1ccc(CNCc2ccc(C(C)C)cc2)cc1. The van der Waals surface area contributed by atoms with Gasteiger partial charge in [-0.2, -0.15) is 0 Å². The highest BCUT2D eigenvalue weighted by Gasteiger charge is 1.99. The second kappa shape index (κ2) is 8.72. The van der Waals surface area contributed by atoms with Crippen molar-refractivity contribution >= 4 is 0 Å². The minimum absolute atomic E-state index is 0.595. The molecule has 0 aliphatic rings. The van der Waals surface area contributed by atoms with E-state index < -0.39 is 0 Å². The number of nitrogens with one attached hydrogen (secondary N) is 1. The Morgan fingerprint density at radius 3 is 1.82 bits per heavy atom. The van der Waals surface area contributed by atoms with Gasteiger partial charge in [0.2, 0.25) is 0 Å². The van der Waals surface area contributed by atoms with Gasteiger partial charge >= 0.3 is 0 Å². The monoisotopic (exact) mass is 297 g/mol. The third-order valence-corrected chi connectivity index (χ3v) is 3.80. The van der Waals surface area contributed by atoms with Crippen molar-refractivity contribution in [2.45, 2.75) is 46.4 Å². The molecule has 0 spiro atoms. The lowest BCUT2D eigenvalue weighted by molar-refractivity contribution is 0.134. The molecule has 22 heavy (non-hydrogen) atoms. The highest BCUT2D eigenvalue weighted by atomic mass is 16.5. The molecule has 0 aliphatic heterocycles. The Bertz CT molecular complexity index is 543. The van der Waals surface area contributed by atoms with Crippen molar-refractivity contribution in [2.24, 2.45) is 0 Å². The van der Waals surface area contributed by atoms with Crippen LogP contribution >= 0.6 is 0 Å². The molecule has 2 aromatic rings. The van der Waals surface area contributed by atoms with Crippen molar-refractivity contribution < 1.29 is 4.74 Å². The molecule has 0 saturated heterocycles. The maximum atomic E-state index is 5.41. The summed E-state index contributed by atoms with van der Waals surface area (Å²) in [6.07, 6.45) is 0. The van der Waals surface area contributed by atoms with Crippen LogP contribution in [0.2, 0.25) is 0 Å². The van der Waals surface area contributed by atoms with Crippen LogP contribution in [0.25, 0.3) is 0 Å². The van der Waals surface area contributed by atoms with Gasteiger partial charge in [-0.15, -0.1) is 0 Å². The van der Waals surface area contributed by atoms with E-state index >= 15 is 0 Å². The lowest BCUT2D eigenvalue weighted by Gasteiger charge is -2.09. The van der Waals surface area contributed by atoms with Gasteiger partial charge in [-0.05, 0) is 35.1 Å². The van der Waals surface area contributed by atoms with Crippen LogP contribution in [0, 0.1) is 0 Å². The van der Waals surface area contributed by atoms with E-state index in [0.717, 1.165) is 19.7 Å². The molecule has 2 rings (SSSR count). The normalized spacial score (nSPS) is 11.1. The molecule has 2 heteroatoms. The average molecular weight is 297 g/mol. The quantitative estimate of drug-likeness (QED) is 0.766. The summed E-state index contributed by atoms with van der Waals surface area (Å²) in [4.78, 5) is 0. The molecule has 118 valence electrons. The van der Waals surface area contributed by atoms with Gasteiger partial charge in [-0.3, -0.25) is 0 Å². The predicted molar refractivity (Wildman–Crippen MR) is 92.8 cm³/mol. The van der Waals surface area contributed by atoms with Crippen molar-refractivity contribution in [2.75, 3.05) is 6.61 Å². The van der Waals surface area contributed by atoms with E-state index in [1.807, 2.05) is 6.92 Å².